The van der Waals surface area contributed by atoms with Crippen LogP contribution >= 0.6 is 11.3 Å². The number of aryl methyl sites for hydroxylation is 2. The Morgan fingerprint density at radius 3 is 2.48 bits per heavy atom. The van der Waals surface area contributed by atoms with E-state index in [0.717, 1.165) is 23.0 Å². The Kier molecular flexibility index (Phi) is 4.40. The summed E-state index contributed by atoms with van der Waals surface area (Å²) in [6.07, 6.45) is 5.33. The molecule has 21 heavy (non-hydrogen) atoms. The molecule has 3 rings (SSSR count). The molecule has 0 unspecified atom stereocenters. The van der Waals surface area contributed by atoms with Crippen LogP contribution in [0.15, 0.2) is 0 Å². The monoisotopic (exact) mass is 304 g/mol. The Hall–Kier alpha value is -1.20. The summed E-state index contributed by atoms with van der Waals surface area (Å²) in [6.45, 7) is 7.56. The third kappa shape index (κ3) is 3.04. The largest absolute Gasteiger partial charge is 0.372 e. The number of hydrogen-bond acceptors (Lipinski definition) is 5. The van der Waals surface area contributed by atoms with Gasteiger partial charge in [-0.3, -0.25) is 4.90 Å². The van der Waals surface area contributed by atoms with E-state index in [1.54, 1.807) is 11.3 Å². The summed E-state index contributed by atoms with van der Waals surface area (Å²) in [5, 5.41) is 4.45. The Bertz CT molecular complexity index is 627. The molecule has 1 saturated heterocycles. The molecule has 1 N–H and O–H groups in total. The molecule has 2 aromatic rings. The SMILES string of the molecule is CNc1nc(CN2CCCCCC2)nc2sc(C)c(C)c12. The van der Waals surface area contributed by atoms with Gasteiger partial charge in [0.1, 0.15) is 16.5 Å². The molecular weight excluding hydrogens is 280 g/mol. The zero-order valence-corrected chi connectivity index (χ0v) is 14.0. The highest BCUT2D eigenvalue weighted by atomic mass is 32.1. The van der Waals surface area contributed by atoms with Crippen molar-refractivity contribution in [1.82, 2.24) is 14.9 Å². The van der Waals surface area contributed by atoms with Crippen LogP contribution in [0.2, 0.25) is 0 Å². The van der Waals surface area contributed by atoms with Gasteiger partial charge >= 0.3 is 0 Å². The van der Waals surface area contributed by atoms with Crippen LogP contribution in [0.1, 0.15) is 41.9 Å². The van der Waals surface area contributed by atoms with Gasteiger partial charge in [-0.1, -0.05) is 12.8 Å². The van der Waals surface area contributed by atoms with Gasteiger partial charge < -0.3 is 5.32 Å². The lowest BCUT2D eigenvalue weighted by Gasteiger charge is -2.19. The smallest absolute Gasteiger partial charge is 0.146 e. The summed E-state index contributed by atoms with van der Waals surface area (Å²) in [7, 11) is 1.95. The predicted octanol–water partition coefficient (Wildman–Crippen LogP) is 3.73. The minimum absolute atomic E-state index is 0.876. The molecule has 0 atom stereocenters. The van der Waals surface area contributed by atoms with E-state index in [2.05, 4.69) is 24.1 Å². The van der Waals surface area contributed by atoms with Gasteiger partial charge in [-0.15, -0.1) is 11.3 Å². The maximum Gasteiger partial charge on any atom is 0.146 e. The van der Waals surface area contributed by atoms with Crippen molar-refractivity contribution < 1.29 is 0 Å². The molecule has 4 nitrogen and oxygen atoms in total. The highest BCUT2D eigenvalue weighted by Crippen LogP contribution is 2.33. The van der Waals surface area contributed by atoms with Gasteiger partial charge in [-0.2, -0.15) is 0 Å². The lowest BCUT2D eigenvalue weighted by molar-refractivity contribution is 0.270. The molecule has 0 saturated carbocycles. The van der Waals surface area contributed by atoms with Crippen molar-refractivity contribution in [1.29, 1.82) is 0 Å². The molecule has 0 aliphatic carbocycles. The lowest BCUT2D eigenvalue weighted by atomic mass is 10.2. The number of aromatic nitrogens is 2. The van der Waals surface area contributed by atoms with Crippen molar-refractivity contribution in [3.05, 3.63) is 16.3 Å². The van der Waals surface area contributed by atoms with Gasteiger partial charge in [-0.05, 0) is 45.3 Å². The minimum atomic E-state index is 0.876. The van der Waals surface area contributed by atoms with E-state index in [9.17, 15) is 0 Å². The van der Waals surface area contributed by atoms with Gasteiger partial charge in [0.2, 0.25) is 0 Å². The summed E-state index contributed by atoms with van der Waals surface area (Å²) in [5.41, 5.74) is 1.31. The Balaban J connectivity index is 1.92. The van der Waals surface area contributed by atoms with Crippen LogP contribution in [0.4, 0.5) is 5.82 Å². The second kappa shape index (κ2) is 6.28. The van der Waals surface area contributed by atoms with Crippen molar-refractivity contribution in [2.45, 2.75) is 46.1 Å². The van der Waals surface area contributed by atoms with Crippen molar-refractivity contribution in [2.24, 2.45) is 0 Å². The second-order valence-corrected chi connectivity index (χ2v) is 7.10. The zero-order valence-electron chi connectivity index (χ0n) is 13.2. The summed E-state index contributed by atoms with van der Waals surface area (Å²) >= 11 is 1.78. The number of anilines is 1. The molecule has 0 spiro atoms. The van der Waals surface area contributed by atoms with Crippen LogP contribution in [-0.2, 0) is 6.54 Å². The van der Waals surface area contributed by atoms with Crippen LogP contribution in [0, 0.1) is 13.8 Å². The van der Waals surface area contributed by atoms with Crippen LogP contribution in [-0.4, -0.2) is 35.0 Å². The van der Waals surface area contributed by atoms with Crippen LogP contribution in [0.3, 0.4) is 0 Å². The van der Waals surface area contributed by atoms with E-state index in [4.69, 9.17) is 9.97 Å². The standard InChI is InChI=1S/C16H24N4S/c1-11-12(2)21-16-14(11)15(17-3)18-13(19-16)10-20-8-6-4-5-7-9-20/h4-10H2,1-3H3,(H,17,18,19). The van der Waals surface area contributed by atoms with E-state index in [0.29, 0.717) is 0 Å². The third-order valence-electron chi connectivity index (χ3n) is 4.38. The molecule has 2 aromatic heterocycles. The molecule has 3 heterocycles. The molecular formula is C16H24N4S. The average molecular weight is 304 g/mol. The Labute approximate surface area is 130 Å². The Morgan fingerprint density at radius 1 is 1.10 bits per heavy atom. The molecule has 1 aliphatic heterocycles. The van der Waals surface area contributed by atoms with Crippen LogP contribution < -0.4 is 5.32 Å². The minimum Gasteiger partial charge on any atom is -0.372 e. The number of hydrogen-bond donors (Lipinski definition) is 1. The van der Waals surface area contributed by atoms with E-state index in [1.807, 2.05) is 7.05 Å². The second-order valence-electron chi connectivity index (χ2n) is 5.89. The fourth-order valence-corrected chi connectivity index (χ4v) is 4.09. The maximum atomic E-state index is 4.82. The Morgan fingerprint density at radius 2 is 1.81 bits per heavy atom. The first kappa shape index (κ1) is 14.7. The fraction of sp³-hybridized carbons (Fsp3) is 0.625. The maximum absolute atomic E-state index is 4.82. The van der Waals surface area contributed by atoms with E-state index in [-0.39, 0.29) is 0 Å². The average Bonchev–Trinajstić information content (AvgIpc) is 2.68. The van der Waals surface area contributed by atoms with Crippen molar-refractivity contribution in [3.8, 4) is 0 Å². The number of nitrogens with zero attached hydrogens (tertiary/aromatic N) is 3. The van der Waals surface area contributed by atoms with Gasteiger partial charge in [0.15, 0.2) is 0 Å². The first-order chi connectivity index (χ1) is 10.2. The normalized spacial score (nSPS) is 17.1. The van der Waals surface area contributed by atoms with Crippen LogP contribution in [0.5, 0.6) is 0 Å². The first-order valence-electron chi connectivity index (χ1n) is 7.85. The molecule has 0 radical (unpaired) electrons. The first-order valence-corrected chi connectivity index (χ1v) is 8.67. The summed E-state index contributed by atoms with van der Waals surface area (Å²) in [4.78, 5) is 14.5. The summed E-state index contributed by atoms with van der Waals surface area (Å²) in [5.74, 6) is 1.93. The molecule has 0 aromatic carbocycles. The number of nitrogens with one attached hydrogen (secondary N) is 1. The number of rotatable bonds is 3. The molecule has 0 amide bonds. The summed E-state index contributed by atoms with van der Waals surface area (Å²) in [6, 6.07) is 0. The fourth-order valence-electron chi connectivity index (χ4n) is 3.04. The molecule has 5 heteroatoms. The number of likely N-dealkylation sites (tertiary alicyclic amines) is 1. The highest BCUT2D eigenvalue weighted by Gasteiger charge is 2.16. The van der Waals surface area contributed by atoms with Gasteiger partial charge in [0.05, 0.1) is 11.9 Å². The molecule has 1 fully saturated rings. The predicted molar refractivity (Wildman–Crippen MR) is 90.2 cm³/mol. The van der Waals surface area contributed by atoms with Crippen molar-refractivity contribution in [3.63, 3.8) is 0 Å². The zero-order chi connectivity index (χ0) is 14.8. The molecule has 114 valence electrons. The molecule has 1 aliphatic rings. The third-order valence-corrected chi connectivity index (χ3v) is 5.48. The van der Waals surface area contributed by atoms with E-state index in [1.165, 1.54) is 54.6 Å². The van der Waals surface area contributed by atoms with Gasteiger partial charge in [-0.25, -0.2) is 9.97 Å². The van der Waals surface area contributed by atoms with Gasteiger partial charge in [0.25, 0.3) is 0 Å². The lowest BCUT2D eigenvalue weighted by Crippen LogP contribution is -2.25. The number of thiophene rings is 1. The van der Waals surface area contributed by atoms with E-state index >= 15 is 0 Å². The summed E-state index contributed by atoms with van der Waals surface area (Å²) < 4.78 is 0. The van der Waals surface area contributed by atoms with Crippen molar-refractivity contribution in [2.75, 3.05) is 25.5 Å². The molecule has 0 bridgehead atoms. The highest BCUT2D eigenvalue weighted by molar-refractivity contribution is 7.18. The quantitative estimate of drug-likeness (QED) is 0.938. The van der Waals surface area contributed by atoms with Crippen molar-refractivity contribution >= 4 is 27.4 Å². The van der Waals surface area contributed by atoms with E-state index < -0.39 is 0 Å². The number of fused-ring (bicyclic) bond motifs is 1. The topological polar surface area (TPSA) is 41.1 Å². The van der Waals surface area contributed by atoms with Crippen LogP contribution in [0.25, 0.3) is 10.2 Å². The van der Waals surface area contributed by atoms with Gasteiger partial charge in [0, 0.05) is 11.9 Å².